The molecule has 4 nitrogen and oxygen atoms in total. The lowest BCUT2D eigenvalue weighted by Crippen LogP contribution is -2.27. The van der Waals surface area contributed by atoms with Gasteiger partial charge in [0.25, 0.3) is 0 Å². The summed E-state index contributed by atoms with van der Waals surface area (Å²) in [5, 5.41) is 8.04. The fourth-order valence-corrected chi connectivity index (χ4v) is 2.63. The van der Waals surface area contributed by atoms with Gasteiger partial charge in [0.2, 0.25) is 0 Å². The molecule has 0 aliphatic carbocycles. The van der Waals surface area contributed by atoms with Crippen molar-refractivity contribution in [3.8, 4) is 0 Å². The topological polar surface area (TPSA) is 39.1 Å². The molecule has 0 spiro atoms. The zero-order valence-electron chi connectivity index (χ0n) is 11.6. The summed E-state index contributed by atoms with van der Waals surface area (Å²) in [4.78, 5) is 0. The second-order valence-corrected chi connectivity index (χ2v) is 5.04. The Bertz CT molecular complexity index is 345. The van der Waals surface area contributed by atoms with Crippen LogP contribution in [0.4, 0.5) is 0 Å². The van der Waals surface area contributed by atoms with Crippen molar-refractivity contribution in [3.63, 3.8) is 0 Å². The van der Waals surface area contributed by atoms with Gasteiger partial charge in [-0.05, 0) is 44.7 Å². The first-order valence-electron chi connectivity index (χ1n) is 7.18. The van der Waals surface area contributed by atoms with E-state index in [0.29, 0.717) is 12.0 Å². The first kappa shape index (κ1) is 13.6. The average Bonchev–Trinajstić information content (AvgIpc) is 3.04. The highest BCUT2D eigenvalue weighted by Gasteiger charge is 2.23. The Morgan fingerprint density at radius 2 is 2.44 bits per heavy atom. The van der Waals surface area contributed by atoms with Crippen molar-refractivity contribution in [3.05, 3.63) is 18.0 Å². The van der Waals surface area contributed by atoms with Crippen LogP contribution in [0, 0.1) is 5.92 Å². The van der Waals surface area contributed by atoms with Crippen LogP contribution in [0.25, 0.3) is 0 Å². The van der Waals surface area contributed by atoms with Gasteiger partial charge in [-0.1, -0.05) is 6.92 Å². The normalized spacial score (nSPS) is 21.3. The molecule has 1 aliphatic rings. The summed E-state index contributed by atoms with van der Waals surface area (Å²) in [6.45, 7) is 8.20. The molecule has 1 aliphatic heterocycles. The fraction of sp³-hybridized carbons (Fsp3) is 0.786. The third-order valence-electron chi connectivity index (χ3n) is 3.64. The van der Waals surface area contributed by atoms with Crippen molar-refractivity contribution in [2.45, 2.75) is 45.7 Å². The predicted molar refractivity (Wildman–Crippen MR) is 72.5 cm³/mol. The Morgan fingerprint density at radius 3 is 3.11 bits per heavy atom. The van der Waals surface area contributed by atoms with Gasteiger partial charge in [-0.15, -0.1) is 0 Å². The summed E-state index contributed by atoms with van der Waals surface area (Å²) < 4.78 is 7.59. The van der Waals surface area contributed by atoms with E-state index in [2.05, 4.69) is 35.0 Å². The molecule has 0 amide bonds. The lowest BCUT2D eigenvalue weighted by atomic mass is 9.97. The van der Waals surface area contributed by atoms with Crippen LogP contribution in [-0.4, -0.2) is 29.5 Å². The molecule has 2 heterocycles. The molecule has 4 heteroatoms. The number of aryl methyl sites for hydroxylation is 1. The first-order chi connectivity index (χ1) is 8.85. The molecule has 0 aromatic carbocycles. The lowest BCUT2D eigenvalue weighted by Gasteiger charge is -2.22. The Hall–Kier alpha value is -0.870. The van der Waals surface area contributed by atoms with Crippen molar-refractivity contribution < 1.29 is 4.74 Å². The molecule has 2 rings (SSSR count). The molecule has 102 valence electrons. The molecule has 0 radical (unpaired) electrons. The molecule has 0 bridgehead atoms. The van der Waals surface area contributed by atoms with Gasteiger partial charge in [0.1, 0.15) is 0 Å². The summed E-state index contributed by atoms with van der Waals surface area (Å²) in [5.74, 6) is 0.694. The van der Waals surface area contributed by atoms with Gasteiger partial charge >= 0.3 is 0 Å². The minimum atomic E-state index is 0.416. The maximum Gasteiger partial charge on any atom is 0.0553 e. The van der Waals surface area contributed by atoms with E-state index in [9.17, 15) is 0 Å². The van der Waals surface area contributed by atoms with Gasteiger partial charge in [0, 0.05) is 32.0 Å². The third kappa shape index (κ3) is 3.33. The lowest BCUT2D eigenvalue weighted by molar-refractivity contribution is 0.181. The van der Waals surface area contributed by atoms with Gasteiger partial charge in [0.05, 0.1) is 5.69 Å². The zero-order chi connectivity index (χ0) is 12.8. The maximum absolute atomic E-state index is 5.49. The van der Waals surface area contributed by atoms with Crippen LogP contribution >= 0.6 is 0 Å². The van der Waals surface area contributed by atoms with E-state index >= 15 is 0 Å². The molecule has 1 saturated heterocycles. The largest absolute Gasteiger partial charge is 0.381 e. The van der Waals surface area contributed by atoms with Gasteiger partial charge in [-0.25, -0.2) is 0 Å². The first-order valence-corrected chi connectivity index (χ1v) is 7.18. The highest BCUT2D eigenvalue weighted by atomic mass is 16.5. The van der Waals surface area contributed by atoms with Gasteiger partial charge in [0.15, 0.2) is 0 Å². The quantitative estimate of drug-likeness (QED) is 0.808. The number of rotatable bonds is 7. The van der Waals surface area contributed by atoms with E-state index in [4.69, 9.17) is 4.74 Å². The number of ether oxygens (including phenoxy) is 1. The second kappa shape index (κ2) is 6.90. The standard InChI is InChI=1S/C14H25N3O/c1-3-7-15-13(10-12-6-9-18-11-12)14-5-8-16-17(14)4-2/h5,8,12-13,15H,3-4,6-7,9-11H2,1-2H3. The zero-order valence-corrected chi connectivity index (χ0v) is 11.6. The SMILES string of the molecule is CCCNC(CC1CCOC1)c1ccnn1CC. The minimum Gasteiger partial charge on any atom is -0.381 e. The van der Waals surface area contributed by atoms with Crippen LogP contribution in [0.3, 0.4) is 0 Å². The predicted octanol–water partition coefficient (Wildman–Crippen LogP) is 2.37. The number of nitrogens with one attached hydrogen (secondary N) is 1. The van der Waals surface area contributed by atoms with Crippen molar-refractivity contribution in [1.82, 2.24) is 15.1 Å². The van der Waals surface area contributed by atoms with Crippen LogP contribution in [0.2, 0.25) is 0 Å². The van der Waals surface area contributed by atoms with E-state index < -0.39 is 0 Å². The second-order valence-electron chi connectivity index (χ2n) is 5.04. The highest BCUT2D eigenvalue weighted by molar-refractivity contribution is 5.07. The van der Waals surface area contributed by atoms with Gasteiger partial charge < -0.3 is 10.1 Å². The number of hydrogen-bond donors (Lipinski definition) is 1. The van der Waals surface area contributed by atoms with E-state index in [1.165, 1.54) is 12.1 Å². The van der Waals surface area contributed by atoms with Gasteiger partial charge in [-0.3, -0.25) is 4.68 Å². The van der Waals surface area contributed by atoms with Crippen molar-refractivity contribution in [2.75, 3.05) is 19.8 Å². The summed E-state index contributed by atoms with van der Waals surface area (Å²) in [5.41, 5.74) is 1.32. The van der Waals surface area contributed by atoms with E-state index in [1.807, 2.05) is 6.20 Å². The summed E-state index contributed by atoms with van der Waals surface area (Å²) >= 11 is 0. The van der Waals surface area contributed by atoms with Crippen LogP contribution in [0.1, 0.15) is 44.8 Å². The Labute approximate surface area is 110 Å². The van der Waals surface area contributed by atoms with Crippen molar-refractivity contribution in [2.24, 2.45) is 5.92 Å². The van der Waals surface area contributed by atoms with Gasteiger partial charge in [-0.2, -0.15) is 5.10 Å². The smallest absolute Gasteiger partial charge is 0.0553 e. The van der Waals surface area contributed by atoms with E-state index in [1.54, 1.807) is 0 Å². The third-order valence-corrected chi connectivity index (χ3v) is 3.64. The number of nitrogens with zero attached hydrogens (tertiary/aromatic N) is 2. The highest BCUT2D eigenvalue weighted by Crippen LogP contribution is 2.26. The van der Waals surface area contributed by atoms with Crippen molar-refractivity contribution >= 4 is 0 Å². The van der Waals surface area contributed by atoms with Crippen LogP contribution in [-0.2, 0) is 11.3 Å². The molecule has 1 aromatic rings. The summed E-state index contributed by atoms with van der Waals surface area (Å²) in [6.07, 6.45) is 5.43. The summed E-state index contributed by atoms with van der Waals surface area (Å²) in [6, 6.07) is 2.56. The fourth-order valence-electron chi connectivity index (χ4n) is 2.63. The Balaban J connectivity index is 2.03. The Morgan fingerprint density at radius 1 is 1.56 bits per heavy atom. The van der Waals surface area contributed by atoms with E-state index in [-0.39, 0.29) is 0 Å². The van der Waals surface area contributed by atoms with Crippen molar-refractivity contribution in [1.29, 1.82) is 0 Å². The molecular formula is C14H25N3O. The summed E-state index contributed by atoms with van der Waals surface area (Å²) in [7, 11) is 0. The molecule has 2 atom stereocenters. The molecule has 0 saturated carbocycles. The number of aromatic nitrogens is 2. The van der Waals surface area contributed by atoms with Crippen LogP contribution < -0.4 is 5.32 Å². The number of hydrogen-bond acceptors (Lipinski definition) is 3. The van der Waals surface area contributed by atoms with Crippen LogP contribution in [0.15, 0.2) is 12.3 Å². The Kier molecular flexibility index (Phi) is 5.20. The molecule has 18 heavy (non-hydrogen) atoms. The van der Waals surface area contributed by atoms with E-state index in [0.717, 1.165) is 39.1 Å². The maximum atomic E-state index is 5.49. The monoisotopic (exact) mass is 251 g/mol. The molecule has 1 fully saturated rings. The molecule has 1 N–H and O–H groups in total. The molecule has 2 unspecified atom stereocenters. The van der Waals surface area contributed by atoms with Crippen LogP contribution in [0.5, 0.6) is 0 Å². The minimum absolute atomic E-state index is 0.416. The average molecular weight is 251 g/mol. The molecular weight excluding hydrogens is 226 g/mol. The molecule has 1 aromatic heterocycles.